The van der Waals surface area contributed by atoms with Crippen molar-refractivity contribution < 1.29 is 4.74 Å². The highest BCUT2D eigenvalue weighted by atomic mass is 32.1. The predicted molar refractivity (Wildman–Crippen MR) is 82.9 cm³/mol. The first-order valence-electron chi connectivity index (χ1n) is 7.54. The topological polar surface area (TPSA) is 21.3 Å². The molecule has 3 heteroatoms. The van der Waals surface area contributed by atoms with Gasteiger partial charge in [0.2, 0.25) is 0 Å². The summed E-state index contributed by atoms with van der Waals surface area (Å²) >= 11 is 1.85. The predicted octanol–water partition coefficient (Wildman–Crippen LogP) is 3.86. The zero-order chi connectivity index (χ0) is 13.7. The Bertz CT molecular complexity index is 355. The first kappa shape index (κ1) is 15.0. The van der Waals surface area contributed by atoms with Gasteiger partial charge in [-0.3, -0.25) is 0 Å². The molecule has 1 atom stereocenters. The van der Waals surface area contributed by atoms with Crippen LogP contribution in [-0.2, 0) is 11.2 Å². The SMILES string of the molecule is CCOC1(C(Cc2cccs2)NC)CCC(C)CC1. The Balaban J connectivity index is 2.10. The third kappa shape index (κ3) is 3.59. The Morgan fingerprint density at radius 1 is 1.47 bits per heavy atom. The molecule has 1 saturated carbocycles. The Kier molecular flexibility index (Phi) is 5.43. The number of nitrogens with one attached hydrogen (secondary N) is 1. The fourth-order valence-electron chi connectivity index (χ4n) is 3.31. The number of hydrogen-bond acceptors (Lipinski definition) is 3. The molecule has 0 bridgehead atoms. The van der Waals surface area contributed by atoms with Crippen molar-refractivity contribution >= 4 is 11.3 Å². The van der Waals surface area contributed by atoms with E-state index in [1.54, 1.807) is 0 Å². The minimum Gasteiger partial charge on any atom is -0.374 e. The first-order chi connectivity index (χ1) is 9.20. The highest BCUT2D eigenvalue weighted by molar-refractivity contribution is 7.09. The van der Waals surface area contributed by atoms with E-state index in [0.29, 0.717) is 6.04 Å². The monoisotopic (exact) mass is 281 g/mol. The Morgan fingerprint density at radius 2 is 2.21 bits per heavy atom. The lowest BCUT2D eigenvalue weighted by atomic mass is 9.74. The molecule has 1 unspecified atom stereocenters. The molecular weight excluding hydrogens is 254 g/mol. The van der Waals surface area contributed by atoms with Gasteiger partial charge in [0.05, 0.1) is 5.60 Å². The van der Waals surface area contributed by atoms with Crippen LogP contribution in [0.1, 0.15) is 44.4 Å². The average Bonchev–Trinajstić information content (AvgIpc) is 2.92. The molecule has 1 heterocycles. The van der Waals surface area contributed by atoms with Gasteiger partial charge in [-0.25, -0.2) is 0 Å². The molecule has 1 N–H and O–H groups in total. The van der Waals surface area contributed by atoms with Gasteiger partial charge in [0.15, 0.2) is 0 Å². The molecule has 0 spiro atoms. The van der Waals surface area contributed by atoms with Crippen LogP contribution in [0.25, 0.3) is 0 Å². The molecule has 2 rings (SSSR count). The standard InChI is InChI=1S/C16H27NOS/c1-4-18-16(9-7-13(2)8-10-16)15(17-3)12-14-6-5-11-19-14/h5-6,11,13,15,17H,4,7-10,12H2,1-3H3. The highest BCUT2D eigenvalue weighted by Gasteiger charge is 2.41. The molecule has 1 fully saturated rings. The maximum absolute atomic E-state index is 6.26. The van der Waals surface area contributed by atoms with Crippen LogP contribution >= 0.6 is 11.3 Å². The van der Waals surface area contributed by atoms with E-state index in [4.69, 9.17) is 4.74 Å². The number of likely N-dealkylation sites (N-methyl/N-ethyl adjacent to an activating group) is 1. The van der Waals surface area contributed by atoms with Crippen LogP contribution in [-0.4, -0.2) is 25.3 Å². The van der Waals surface area contributed by atoms with Crippen LogP contribution in [0.2, 0.25) is 0 Å². The number of hydrogen-bond donors (Lipinski definition) is 1. The van der Waals surface area contributed by atoms with Crippen molar-refractivity contribution in [2.45, 2.75) is 57.6 Å². The molecule has 0 aliphatic heterocycles. The lowest BCUT2D eigenvalue weighted by Gasteiger charge is -2.44. The van der Waals surface area contributed by atoms with E-state index in [9.17, 15) is 0 Å². The lowest BCUT2D eigenvalue weighted by Crippen LogP contribution is -2.54. The molecule has 0 radical (unpaired) electrons. The van der Waals surface area contributed by atoms with Crippen LogP contribution in [0.5, 0.6) is 0 Å². The molecule has 1 aliphatic carbocycles. The maximum atomic E-state index is 6.26. The summed E-state index contributed by atoms with van der Waals surface area (Å²) in [7, 11) is 2.08. The van der Waals surface area contributed by atoms with Crippen LogP contribution in [0.15, 0.2) is 17.5 Å². The quantitative estimate of drug-likeness (QED) is 0.855. The Morgan fingerprint density at radius 3 is 2.74 bits per heavy atom. The van der Waals surface area contributed by atoms with E-state index in [1.165, 1.54) is 30.6 Å². The summed E-state index contributed by atoms with van der Waals surface area (Å²) in [6.07, 6.45) is 6.06. The van der Waals surface area contributed by atoms with E-state index in [0.717, 1.165) is 18.9 Å². The molecule has 0 saturated heterocycles. The molecular formula is C16H27NOS. The van der Waals surface area contributed by atoms with Crippen molar-refractivity contribution in [1.29, 1.82) is 0 Å². The van der Waals surface area contributed by atoms with E-state index in [1.807, 2.05) is 11.3 Å². The summed E-state index contributed by atoms with van der Waals surface area (Å²) in [5.74, 6) is 0.854. The van der Waals surface area contributed by atoms with Crippen molar-refractivity contribution in [3.8, 4) is 0 Å². The summed E-state index contributed by atoms with van der Waals surface area (Å²) < 4.78 is 6.26. The van der Waals surface area contributed by atoms with Crippen molar-refractivity contribution in [2.24, 2.45) is 5.92 Å². The van der Waals surface area contributed by atoms with Crippen molar-refractivity contribution in [3.63, 3.8) is 0 Å². The summed E-state index contributed by atoms with van der Waals surface area (Å²) in [5, 5.41) is 5.70. The van der Waals surface area contributed by atoms with E-state index in [-0.39, 0.29) is 5.60 Å². The van der Waals surface area contributed by atoms with Gasteiger partial charge < -0.3 is 10.1 Å². The summed E-state index contributed by atoms with van der Waals surface area (Å²) in [6, 6.07) is 4.81. The fraction of sp³-hybridized carbons (Fsp3) is 0.750. The van der Waals surface area contributed by atoms with E-state index in [2.05, 4.69) is 43.7 Å². The van der Waals surface area contributed by atoms with Crippen molar-refractivity contribution in [1.82, 2.24) is 5.32 Å². The minimum absolute atomic E-state index is 0.0417. The zero-order valence-corrected chi connectivity index (χ0v) is 13.3. The second kappa shape index (κ2) is 6.87. The molecule has 2 nitrogen and oxygen atoms in total. The van der Waals surface area contributed by atoms with E-state index < -0.39 is 0 Å². The van der Waals surface area contributed by atoms with Gasteiger partial charge in [-0.1, -0.05) is 13.0 Å². The second-order valence-electron chi connectivity index (χ2n) is 5.81. The Labute approximate surface area is 121 Å². The Hall–Kier alpha value is -0.380. The third-order valence-electron chi connectivity index (χ3n) is 4.52. The molecule has 1 aromatic heterocycles. The summed E-state index contributed by atoms with van der Waals surface area (Å²) in [5.41, 5.74) is 0.0417. The normalized spacial score (nSPS) is 29.3. The second-order valence-corrected chi connectivity index (χ2v) is 6.84. The van der Waals surface area contributed by atoms with Gasteiger partial charge in [-0.05, 0) is 63.4 Å². The maximum Gasteiger partial charge on any atom is 0.0838 e. The molecule has 1 aromatic rings. The van der Waals surface area contributed by atoms with Crippen LogP contribution in [0.4, 0.5) is 0 Å². The average molecular weight is 281 g/mol. The molecule has 19 heavy (non-hydrogen) atoms. The van der Waals surface area contributed by atoms with Gasteiger partial charge in [0.25, 0.3) is 0 Å². The highest BCUT2D eigenvalue weighted by Crippen LogP contribution is 2.38. The van der Waals surface area contributed by atoms with E-state index >= 15 is 0 Å². The van der Waals surface area contributed by atoms with Crippen molar-refractivity contribution in [2.75, 3.05) is 13.7 Å². The summed E-state index contributed by atoms with van der Waals surface area (Å²) in [4.78, 5) is 1.46. The molecule has 0 aromatic carbocycles. The van der Waals surface area contributed by atoms with Gasteiger partial charge in [-0.15, -0.1) is 11.3 Å². The number of ether oxygens (including phenoxy) is 1. The minimum atomic E-state index is 0.0417. The van der Waals surface area contributed by atoms with Gasteiger partial charge in [0.1, 0.15) is 0 Å². The molecule has 0 amide bonds. The fourth-order valence-corrected chi connectivity index (χ4v) is 4.06. The van der Waals surface area contributed by atoms with Gasteiger partial charge in [-0.2, -0.15) is 0 Å². The first-order valence-corrected chi connectivity index (χ1v) is 8.41. The molecule has 1 aliphatic rings. The van der Waals surface area contributed by atoms with Crippen LogP contribution < -0.4 is 5.32 Å². The van der Waals surface area contributed by atoms with Gasteiger partial charge >= 0.3 is 0 Å². The largest absolute Gasteiger partial charge is 0.374 e. The van der Waals surface area contributed by atoms with Crippen LogP contribution in [0.3, 0.4) is 0 Å². The van der Waals surface area contributed by atoms with Crippen LogP contribution in [0, 0.1) is 5.92 Å². The van der Waals surface area contributed by atoms with Crippen molar-refractivity contribution in [3.05, 3.63) is 22.4 Å². The summed E-state index contributed by atoms with van der Waals surface area (Å²) in [6.45, 7) is 5.30. The zero-order valence-electron chi connectivity index (χ0n) is 12.4. The number of thiophene rings is 1. The number of rotatable bonds is 6. The third-order valence-corrected chi connectivity index (χ3v) is 5.42. The van der Waals surface area contributed by atoms with Gasteiger partial charge in [0, 0.05) is 17.5 Å². The smallest absolute Gasteiger partial charge is 0.0838 e. The molecule has 108 valence electrons. The lowest BCUT2D eigenvalue weighted by molar-refractivity contribution is -0.0946.